The molecule has 0 N–H and O–H groups in total. The Kier molecular flexibility index (Phi) is 0.858. The van der Waals surface area contributed by atoms with Crippen LogP contribution in [0.25, 0.3) is 0 Å². The van der Waals surface area contributed by atoms with Crippen LogP contribution < -0.4 is 0 Å². The standard InChI is InChI=1S/C5H2N4O/c10-4-2-6-1-3-5(4)8-9-7-3/h1-2H. The highest BCUT2D eigenvalue weighted by Crippen LogP contribution is 2.12. The predicted octanol–water partition coefficient (Wildman–Crippen LogP) is 0.303. The zero-order valence-corrected chi connectivity index (χ0v) is 4.85. The molecule has 0 aromatic heterocycles. The Labute approximate surface area is 55.9 Å². The Morgan fingerprint density at radius 2 is 2.30 bits per heavy atom. The van der Waals surface area contributed by atoms with Gasteiger partial charge in [0.1, 0.15) is 5.70 Å². The Bertz CT molecular complexity index is 304. The van der Waals surface area contributed by atoms with Gasteiger partial charge in [-0.05, 0) is 5.22 Å². The fourth-order valence-electron chi connectivity index (χ4n) is 0.713. The van der Waals surface area contributed by atoms with E-state index in [-0.39, 0.29) is 11.5 Å². The monoisotopic (exact) mass is 134 g/mol. The fraction of sp³-hybridized carbons (Fsp3) is 0. The van der Waals surface area contributed by atoms with Gasteiger partial charge in [-0.1, -0.05) is 0 Å². The molecule has 2 rings (SSSR count). The lowest BCUT2D eigenvalue weighted by Gasteiger charge is -1.95. The fourth-order valence-corrected chi connectivity index (χ4v) is 0.713. The number of carbonyl (C=O) groups excluding carboxylic acids is 1. The van der Waals surface area contributed by atoms with E-state index in [1.165, 1.54) is 12.4 Å². The van der Waals surface area contributed by atoms with Crippen LogP contribution in [0.15, 0.2) is 32.3 Å². The number of ketones is 1. The number of aliphatic imine (C=N–C) groups is 1. The second-order valence-electron chi connectivity index (χ2n) is 1.79. The third kappa shape index (κ3) is 0.540. The normalized spacial score (nSPS) is 20.6. The molecule has 0 saturated heterocycles. The summed E-state index contributed by atoms with van der Waals surface area (Å²) < 4.78 is 0. The van der Waals surface area contributed by atoms with Crippen molar-refractivity contribution in [2.75, 3.05) is 0 Å². The van der Waals surface area contributed by atoms with Crippen molar-refractivity contribution in [1.29, 1.82) is 0 Å². The number of Topliss-reactive ketones (excluding diaryl/α,β-unsaturated/α-hetero) is 1. The number of fused-ring (bicyclic) bond motifs is 1. The van der Waals surface area contributed by atoms with E-state index < -0.39 is 0 Å². The molecule has 0 aromatic carbocycles. The molecule has 0 unspecified atom stereocenters. The van der Waals surface area contributed by atoms with Gasteiger partial charge in [0, 0.05) is 0 Å². The zero-order valence-electron chi connectivity index (χ0n) is 4.85. The molecule has 48 valence electrons. The van der Waals surface area contributed by atoms with Crippen LogP contribution >= 0.6 is 0 Å². The number of hydrogen-bond donors (Lipinski definition) is 0. The molecular weight excluding hydrogens is 132 g/mol. The van der Waals surface area contributed by atoms with E-state index in [4.69, 9.17) is 0 Å². The van der Waals surface area contributed by atoms with E-state index in [1.807, 2.05) is 0 Å². The van der Waals surface area contributed by atoms with Crippen LogP contribution in [0.4, 0.5) is 0 Å². The lowest BCUT2D eigenvalue weighted by atomic mass is 10.2. The summed E-state index contributed by atoms with van der Waals surface area (Å²) in [6.45, 7) is 0. The van der Waals surface area contributed by atoms with E-state index >= 15 is 0 Å². The zero-order chi connectivity index (χ0) is 6.97. The largest absolute Gasteiger partial charge is 0.286 e. The summed E-state index contributed by atoms with van der Waals surface area (Å²) in [7, 11) is 0. The predicted molar refractivity (Wildman–Crippen MR) is 33.9 cm³/mol. The van der Waals surface area contributed by atoms with Gasteiger partial charge >= 0.3 is 0 Å². The van der Waals surface area contributed by atoms with Crippen LogP contribution in [0.3, 0.4) is 0 Å². The average molecular weight is 134 g/mol. The molecule has 2 aliphatic heterocycles. The van der Waals surface area contributed by atoms with Gasteiger partial charge < -0.3 is 0 Å². The van der Waals surface area contributed by atoms with E-state index in [2.05, 4.69) is 20.4 Å². The highest BCUT2D eigenvalue weighted by Gasteiger charge is 2.21. The summed E-state index contributed by atoms with van der Waals surface area (Å²) in [6, 6.07) is 0. The van der Waals surface area contributed by atoms with E-state index in [0.717, 1.165) is 0 Å². The molecule has 2 aliphatic rings. The first kappa shape index (κ1) is 5.16. The summed E-state index contributed by atoms with van der Waals surface area (Å²) in [6.07, 6.45) is 2.65. The van der Waals surface area contributed by atoms with Crippen LogP contribution in [0, 0.1) is 0 Å². The van der Waals surface area contributed by atoms with E-state index in [1.54, 1.807) is 0 Å². The summed E-state index contributed by atoms with van der Waals surface area (Å²) in [5, 5.41) is 10.4. The molecule has 0 saturated carbocycles. The maximum Gasteiger partial charge on any atom is 0.226 e. The van der Waals surface area contributed by atoms with Crippen molar-refractivity contribution in [1.82, 2.24) is 0 Å². The second kappa shape index (κ2) is 1.66. The molecule has 0 bridgehead atoms. The maximum absolute atomic E-state index is 10.8. The van der Waals surface area contributed by atoms with Crippen LogP contribution in [0.5, 0.6) is 0 Å². The molecule has 5 heteroatoms. The summed E-state index contributed by atoms with van der Waals surface area (Å²) in [5.74, 6) is -0.234. The van der Waals surface area contributed by atoms with Crippen LogP contribution in [-0.4, -0.2) is 17.7 Å². The molecule has 0 fully saturated rings. The Morgan fingerprint density at radius 1 is 1.40 bits per heavy atom. The third-order valence-corrected chi connectivity index (χ3v) is 1.16. The smallest absolute Gasteiger partial charge is 0.226 e. The molecule has 0 radical (unpaired) electrons. The topological polar surface area (TPSA) is 66.5 Å². The Balaban J connectivity index is 2.54. The molecule has 10 heavy (non-hydrogen) atoms. The van der Waals surface area contributed by atoms with Crippen molar-refractivity contribution >= 4 is 17.7 Å². The van der Waals surface area contributed by atoms with Crippen LogP contribution in [-0.2, 0) is 4.79 Å². The minimum Gasteiger partial charge on any atom is -0.286 e. The summed E-state index contributed by atoms with van der Waals surface area (Å²) in [5.41, 5.74) is 0.738. The molecule has 0 atom stereocenters. The highest BCUT2D eigenvalue weighted by atomic mass is 16.1. The SMILES string of the molecule is O=C1C=NC=C2N=NN=C12. The van der Waals surface area contributed by atoms with Crippen molar-refractivity contribution in [2.24, 2.45) is 20.4 Å². The van der Waals surface area contributed by atoms with Crippen molar-refractivity contribution in [3.63, 3.8) is 0 Å². The van der Waals surface area contributed by atoms with Gasteiger partial charge in [0.2, 0.25) is 5.78 Å². The molecule has 0 aliphatic carbocycles. The first-order chi connectivity index (χ1) is 4.88. The van der Waals surface area contributed by atoms with E-state index in [0.29, 0.717) is 5.70 Å². The van der Waals surface area contributed by atoms with Gasteiger partial charge in [0.05, 0.1) is 12.4 Å². The number of carbonyl (C=O) groups is 1. The molecule has 5 nitrogen and oxygen atoms in total. The second-order valence-corrected chi connectivity index (χ2v) is 1.79. The molecule has 0 amide bonds. The number of rotatable bonds is 0. The van der Waals surface area contributed by atoms with Gasteiger partial charge in [-0.15, -0.1) is 10.2 Å². The number of hydrogen-bond acceptors (Lipinski definition) is 5. The van der Waals surface area contributed by atoms with Crippen molar-refractivity contribution in [2.45, 2.75) is 0 Å². The molecule has 0 aromatic rings. The first-order valence-electron chi connectivity index (χ1n) is 2.65. The van der Waals surface area contributed by atoms with Gasteiger partial charge in [0.25, 0.3) is 0 Å². The van der Waals surface area contributed by atoms with Crippen molar-refractivity contribution in [3.8, 4) is 0 Å². The molecule has 2 heterocycles. The third-order valence-electron chi connectivity index (χ3n) is 1.16. The van der Waals surface area contributed by atoms with Gasteiger partial charge in [-0.25, -0.2) is 0 Å². The van der Waals surface area contributed by atoms with Crippen molar-refractivity contribution in [3.05, 3.63) is 11.9 Å². The molecule has 0 spiro atoms. The highest BCUT2D eigenvalue weighted by molar-refractivity contribution is 6.65. The van der Waals surface area contributed by atoms with Crippen LogP contribution in [0.1, 0.15) is 0 Å². The molecular formula is C5H2N4O. The summed E-state index contributed by atoms with van der Waals surface area (Å²) >= 11 is 0. The Hall–Kier alpha value is -1.65. The van der Waals surface area contributed by atoms with Crippen LogP contribution in [0.2, 0.25) is 0 Å². The number of allylic oxidation sites excluding steroid dienone is 1. The lowest BCUT2D eigenvalue weighted by molar-refractivity contribution is -0.107. The minimum atomic E-state index is -0.234. The van der Waals surface area contributed by atoms with Crippen molar-refractivity contribution < 1.29 is 4.79 Å². The van der Waals surface area contributed by atoms with Gasteiger partial charge in [0.15, 0.2) is 5.71 Å². The maximum atomic E-state index is 10.8. The minimum absolute atomic E-state index is 0.234. The first-order valence-corrected chi connectivity index (χ1v) is 2.65. The average Bonchev–Trinajstić information content (AvgIpc) is 2.36. The Morgan fingerprint density at radius 3 is 3.10 bits per heavy atom. The number of nitrogens with zero attached hydrogens (tertiary/aromatic N) is 4. The quantitative estimate of drug-likeness (QED) is 0.469. The van der Waals surface area contributed by atoms with Gasteiger partial charge in [-0.2, -0.15) is 0 Å². The lowest BCUT2D eigenvalue weighted by Crippen LogP contribution is -2.17. The van der Waals surface area contributed by atoms with E-state index in [9.17, 15) is 4.79 Å². The summed E-state index contributed by atoms with van der Waals surface area (Å²) in [4.78, 5) is 14.5. The van der Waals surface area contributed by atoms with Gasteiger partial charge in [-0.3, -0.25) is 9.79 Å².